The first kappa shape index (κ1) is 78.5. The molecule has 8 N–H and O–H groups in total. The average molecular weight is 1360 g/mol. The molecule has 6 heterocycles. The van der Waals surface area contributed by atoms with Crippen LogP contribution in [0.15, 0.2) is 36.4 Å². The average Bonchev–Trinajstić information content (AvgIpc) is 0.771. The normalized spacial score (nSPS) is 38.8. The van der Waals surface area contributed by atoms with E-state index in [1.165, 1.54) is 33.8 Å². The molecule has 1 aromatic rings. The van der Waals surface area contributed by atoms with E-state index in [1.807, 2.05) is 0 Å². The van der Waals surface area contributed by atoms with Gasteiger partial charge in [0.1, 0.15) is 73.2 Å². The maximum Gasteiger partial charge on any atom is 0.331 e. The van der Waals surface area contributed by atoms with E-state index >= 15 is 0 Å². The number of rotatable bonds is 25. The Morgan fingerprint density at radius 3 is 1.81 bits per heavy atom. The third kappa shape index (κ3) is 22.3. The Balaban J connectivity index is 1.25. The third-order valence-corrected chi connectivity index (χ3v) is 18.6. The SMILES string of the molecule is CCCCCCCCCC(=O)O[C@H]1[C@H](O[C@@H]2[C@@H](O)[C@H]3OC(=O)CCCCCCCCCC(CCCCC)O[C@@H]4O[C@H](CO)[C@H](O)[C@H](O)[C@H]4O[C@@H]3O[C@H]2C)O[C@@H](C)[C@H](O[C@@H]2O[C@@H](C)[C@H](OC(=O)C(C)C)[C@@H](OC(=O)/C=C/c3ccccc3)[C@H]2O)[C@H]1O[C@@H]1O[C@@H](C)[C@H](O)[C@@H](O)[C@H]1O. The summed E-state index contributed by atoms with van der Waals surface area (Å²) in [5.74, 6) is -3.79. The van der Waals surface area contributed by atoms with E-state index in [1.54, 1.807) is 44.2 Å². The summed E-state index contributed by atoms with van der Waals surface area (Å²) >= 11 is 0. The first-order valence-electron chi connectivity index (χ1n) is 35.0. The van der Waals surface area contributed by atoms with Crippen molar-refractivity contribution in [2.24, 2.45) is 5.92 Å². The molecule has 7 rings (SSSR count). The Morgan fingerprint density at radius 1 is 0.526 bits per heavy atom. The monoisotopic (exact) mass is 1350 g/mol. The Hall–Kier alpha value is -3.88. The van der Waals surface area contributed by atoms with Crippen molar-refractivity contribution >= 4 is 30.0 Å². The summed E-state index contributed by atoms with van der Waals surface area (Å²) in [6, 6.07) is 8.85. The molecule has 26 heteroatoms. The second-order valence-electron chi connectivity index (χ2n) is 26.7. The largest absolute Gasteiger partial charge is 0.455 e. The Labute approximate surface area is 558 Å². The number of ether oxygens (including phenoxy) is 14. The van der Waals surface area contributed by atoms with Gasteiger partial charge in [-0.1, -0.05) is 154 Å². The number of hydrogen-bond acceptors (Lipinski definition) is 26. The number of carbonyl (C=O) groups excluding carboxylic acids is 4. The standard InChI is InChI=1S/C69H110O26/c1-9-11-13-14-16-20-28-34-47(72)90-63-62(95-65-53(78)51(76)49(74)39(5)82-65)58(93-66-55(80)59(57(41(7)83-66)91-64(81)38(3)4)88-48(73)36-35-43-29-24-22-25-30-43)42(8)85-69(63)92-56-40(6)84-67-61(54(56)79)89-46(71)33-27-21-18-15-17-19-26-32-44(31-23-12-10-2)86-68-60(94-67)52(77)50(75)45(37-70)87-68/h22,24-25,29-30,35-36,38-42,44-45,49-63,65-70,74-80H,9-21,23,26-28,31-34,37H2,1-8H3/b36-35+/t39-,40-,41-,42-,44?,45+,49-,50-,51+,52-,53+,54+,55+,56-,57-,58-,59-,60+,61+,62+,63+,65-,66-,67-,68+,69-/m0/s1. The molecule has 95 heavy (non-hydrogen) atoms. The summed E-state index contributed by atoms with van der Waals surface area (Å²) < 4.78 is 89.0. The van der Waals surface area contributed by atoms with Gasteiger partial charge >= 0.3 is 23.9 Å². The van der Waals surface area contributed by atoms with Crippen LogP contribution in [0.2, 0.25) is 0 Å². The van der Waals surface area contributed by atoms with Crippen LogP contribution < -0.4 is 0 Å². The lowest BCUT2D eigenvalue weighted by molar-refractivity contribution is -0.400. The van der Waals surface area contributed by atoms with E-state index in [0.29, 0.717) is 44.1 Å². The molecule has 6 aliphatic rings. The van der Waals surface area contributed by atoms with Crippen LogP contribution >= 0.6 is 0 Å². The molecule has 1 unspecified atom stereocenters. The lowest BCUT2D eigenvalue weighted by atomic mass is 9.95. The van der Waals surface area contributed by atoms with E-state index in [4.69, 9.17) is 66.3 Å². The van der Waals surface area contributed by atoms with Gasteiger partial charge in [-0.3, -0.25) is 14.4 Å². The third-order valence-electron chi connectivity index (χ3n) is 18.6. The smallest absolute Gasteiger partial charge is 0.331 e. The molecule has 6 aliphatic heterocycles. The molecule has 542 valence electrons. The topological polar surface area (TPSA) is 359 Å². The number of fused-ring (bicyclic) bond motifs is 2. The van der Waals surface area contributed by atoms with Crippen LogP contribution in [0.5, 0.6) is 0 Å². The molecule has 0 spiro atoms. The summed E-state index contributed by atoms with van der Waals surface area (Å²) in [6.07, 6.45) is -22.6. The maximum absolute atomic E-state index is 14.5. The van der Waals surface area contributed by atoms with Gasteiger partial charge in [0.05, 0.1) is 43.0 Å². The summed E-state index contributed by atoms with van der Waals surface area (Å²) in [7, 11) is 0. The van der Waals surface area contributed by atoms with Gasteiger partial charge in [0.25, 0.3) is 0 Å². The highest BCUT2D eigenvalue weighted by Gasteiger charge is 2.59. The van der Waals surface area contributed by atoms with Crippen LogP contribution in [0.25, 0.3) is 6.08 Å². The Morgan fingerprint density at radius 2 is 1.12 bits per heavy atom. The van der Waals surface area contributed by atoms with E-state index in [-0.39, 0.29) is 18.9 Å². The highest BCUT2D eigenvalue weighted by atomic mass is 16.8. The molecule has 0 bridgehead atoms. The van der Waals surface area contributed by atoms with Gasteiger partial charge in [0.2, 0.25) is 0 Å². The molecule has 6 fully saturated rings. The molecule has 6 saturated heterocycles. The van der Waals surface area contributed by atoms with E-state index in [9.17, 15) is 60.0 Å². The maximum atomic E-state index is 14.5. The molecule has 0 radical (unpaired) electrons. The van der Waals surface area contributed by atoms with Crippen molar-refractivity contribution < 1.29 is 126 Å². The molecule has 0 aromatic heterocycles. The van der Waals surface area contributed by atoms with Crippen LogP contribution in [0, 0.1) is 5.92 Å². The summed E-state index contributed by atoms with van der Waals surface area (Å²) in [6.45, 7) is 12.7. The quantitative estimate of drug-likeness (QED) is 0.0263. The highest BCUT2D eigenvalue weighted by Crippen LogP contribution is 2.40. The van der Waals surface area contributed by atoms with Crippen LogP contribution in [0.1, 0.15) is 196 Å². The van der Waals surface area contributed by atoms with Crippen molar-refractivity contribution in [3.63, 3.8) is 0 Å². The van der Waals surface area contributed by atoms with Crippen LogP contribution in [0.4, 0.5) is 0 Å². The molecular formula is C69H110O26. The van der Waals surface area contributed by atoms with Gasteiger partial charge < -0.3 is 107 Å². The van der Waals surface area contributed by atoms with Crippen LogP contribution in [-0.2, 0) is 85.5 Å². The van der Waals surface area contributed by atoms with Gasteiger partial charge in [0, 0.05) is 18.9 Å². The van der Waals surface area contributed by atoms with Gasteiger partial charge in [-0.25, -0.2) is 4.79 Å². The van der Waals surface area contributed by atoms with Crippen molar-refractivity contribution in [2.75, 3.05) is 6.61 Å². The van der Waals surface area contributed by atoms with E-state index < -0.39 is 190 Å². The molecule has 26 atom stereocenters. The number of unbranched alkanes of at least 4 members (excludes halogenated alkanes) is 8. The Kier molecular flexibility index (Phi) is 32.4. The second kappa shape index (κ2) is 39.2. The van der Waals surface area contributed by atoms with E-state index in [2.05, 4.69) is 13.8 Å². The number of hydrogen-bond donors (Lipinski definition) is 8. The fourth-order valence-electron chi connectivity index (χ4n) is 12.9. The number of esters is 4. The molecular weight excluding hydrogens is 1240 g/mol. The molecule has 0 aliphatic carbocycles. The Bertz CT molecular complexity index is 2460. The lowest BCUT2D eigenvalue weighted by Gasteiger charge is -2.51. The van der Waals surface area contributed by atoms with Gasteiger partial charge in [-0.05, 0) is 65.0 Å². The predicted octanol–water partition coefficient (Wildman–Crippen LogP) is 5.40. The molecule has 1 aromatic carbocycles. The van der Waals surface area contributed by atoms with Crippen molar-refractivity contribution in [1.82, 2.24) is 0 Å². The predicted molar refractivity (Wildman–Crippen MR) is 338 cm³/mol. The molecule has 0 amide bonds. The van der Waals surface area contributed by atoms with Crippen molar-refractivity contribution in [2.45, 2.75) is 350 Å². The summed E-state index contributed by atoms with van der Waals surface area (Å²) in [5, 5.41) is 92.2. The first-order chi connectivity index (χ1) is 45.5. The minimum absolute atomic E-state index is 0.0650. The van der Waals surface area contributed by atoms with Crippen molar-refractivity contribution in [3.8, 4) is 0 Å². The van der Waals surface area contributed by atoms with Gasteiger partial charge in [0.15, 0.2) is 55.9 Å². The van der Waals surface area contributed by atoms with Gasteiger partial charge in [-0.2, -0.15) is 0 Å². The van der Waals surface area contributed by atoms with Crippen molar-refractivity contribution in [3.05, 3.63) is 42.0 Å². The van der Waals surface area contributed by atoms with E-state index in [0.717, 1.165) is 89.5 Å². The summed E-state index contributed by atoms with van der Waals surface area (Å²) in [4.78, 5) is 55.3. The zero-order valence-electron chi connectivity index (χ0n) is 56.6. The minimum atomic E-state index is -1.96. The molecule has 26 nitrogen and oxygen atoms in total. The van der Waals surface area contributed by atoms with Gasteiger partial charge in [-0.15, -0.1) is 0 Å². The first-order valence-corrected chi connectivity index (χ1v) is 35.0. The number of benzene rings is 1. The number of aliphatic hydroxyl groups excluding tert-OH is 8. The number of carbonyl (C=O) groups is 4. The van der Waals surface area contributed by atoms with Crippen LogP contribution in [0.3, 0.4) is 0 Å². The fourth-order valence-corrected chi connectivity index (χ4v) is 12.9. The van der Waals surface area contributed by atoms with Crippen LogP contribution in [-0.4, -0.2) is 231 Å². The second-order valence-corrected chi connectivity index (χ2v) is 26.7. The zero-order chi connectivity index (χ0) is 68.9. The number of aliphatic hydroxyl groups is 8. The lowest BCUT2D eigenvalue weighted by Crippen LogP contribution is -2.68. The van der Waals surface area contributed by atoms with Crippen molar-refractivity contribution in [1.29, 1.82) is 0 Å². The highest BCUT2D eigenvalue weighted by molar-refractivity contribution is 5.87. The summed E-state index contributed by atoms with van der Waals surface area (Å²) in [5.41, 5.74) is 0.657. The fraction of sp³-hybridized carbons (Fsp3) is 0.826. The molecule has 0 saturated carbocycles. The minimum Gasteiger partial charge on any atom is -0.455 e. The zero-order valence-corrected chi connectivity index (χ0v) is 56.6.